The van der Waals surface area contributed by atoms with Crippen molar-refractivity contribution in [3.8, 4) is 0 Å². The van der Waals surface area contributed by atoms with Gasteiger partial charge in [-0.05, 0) is 23.8 Å². The topological polar surface area (TPSA) is 125 Å². The van der Waals surface area contributed by atoms with E-state index >= 15 is 0 Å². The summed E-state index contributed by atoms with van der Waals surface area (Å²) in [7, 11) is 0. The molecule has 9 heteroatoms. The predicted octanol–water partition coefficient (Wildman–Crippen LogP) is 3.94. The Morgan fingerprint density at radius 1 is 1.03 bits per heavy atom. The number of anilines is 2. The van der Waals surface area contributed by atoms with Gasteiger partial charge < -0.3 is 10.4 Å². The zero-order chi connectivity index (χ0) is 23.1. The number of carbonyl (C=O) groups is 2. The van der Waals surface area contributed by atoms with Crippen LogP contribution in [0, 0.1) is 10.1 Å². The second-order valence-electron chi connectivity index (χ2n) is 7.46. The SMILES string of the molecule is O=C(O)C1=C(c2ccccc2)C2Nc3ccc([N+](=O)[O-])cc3C(=O)C2=NN1c1ccccc1. The van der Waals surface area contributed by atoms with Gasteiger partial charge in [0.2, 0.25) is 5.78 Å². The normalized spacial score (nSPS) is 17.0. The lowest BCUT2D eigenvalue weighted by Crippen LogP contribution is -2.47. The van der Waals surface area contributed by atoms with Crippen molar-refractivity contribution < 1.29 is 19.6 Å². The summed E-state index contributed by atoms with van der Waals surface area (Å²) in [6.07, 6.45) is 0. The average Bonchev–Trinajstić information content (AvgIpc) is 2.84. The van der Waals surface area contributed by atoms with Crippen molar-refractivity contribution in [2.75, 3.05) is 10.3 Å². The molecule has 0 spiro atoms. The molecule has 162 valence electrons. The standard InChI is InChI=1S/C24H16N4O5/c29-23-17-13-16(28(32)33)11-12-18(17)25-20-19(14-7-3-1-4-8-14)22(24(30)31)27(26-21(20)23)15-9-5-2-6-10-15/h1-13,20,25H,(H,30,31). The molecule has 2 aliphatic rings. The number of non-ortho nitro benzene ring substituents is 1. The van der Waals surface area contributed by atoms with Gasteiger partial charge in [-0.1, -0.05) is 48.5 Å². The van der Waals surface area contributed by atoms with Crippen LogP contribution in [0.3, 0.4) is 0 Å². The minimum absolute atomic E-state index is 0.0516. The highest BCUT2D eigenvalue weighted by molar-refractivity contribution is 6.53. The number of nitrogens with zero attached hydrogens (tertiary/aromatic N) is 3. The molecule has 2 aliphatic heterocycles. The van der Waals surface area contributed by atoms with Crippen LogP contribution in [-0.4, -0.2) is 33.5 Å². The van der Waals surface area contributed by atoms with Crippen molar-refractivity contribution in [1.82, 2.24) is 0 Å². The Hall–Kier alpha value is -4.79. The molecular weight excluding hydrogens is 424 g/mol. The van der Waals surface area contributed by atoms with Gasteiger partial charge in [-0.2, -0.15) is 5.10 Å². The number of fused-ring (bicyclic) bond motifs is 2. The van der Waals surface area contributed by atoms with Crippen molar-refractivity contribution in [1.29, 1.82) is 0 Å². The van der Waals surface area contributed by atoms with Gasteiger partial charge in [0.05, 0.1) is 16.2 Å². The van der Waals surface area contributed by atoms with Crippen molar-refractivity contribution in [2.24, 2.45) is 5.10 Å². The highest BCUT2D eigenvalue weighted by atomic mass is 16.6. The fraction of sp³-hybridized carbons (Fsp3) is 0.0417. The molecule has 1 atom stereocenters. The number of para-hydroxylation sites is 1. The van der Waals surface area contributed by atoms with Crippen molar-refractivity contribution >= 4 is 40.1 Å². The zero-order valence-corrected chi connectivity index (χ0v) is 17.0. The van der Waals surface area contributed by atoms with E-state index in [1.165, 1.54) is 23.2 Å². The second-order valence-corrected chi connectivity index (χ2v) is 7.46. The van der Waals surface area contributed by atoms with Gasteiger partial charge in [-0.15, -0.1) is 0 Å². The maximum absolute atomic E-state index is 13.5. The summed E-state index contributed by atoms with van der Waals surface area (Å²) in [6.45, 7) is 0. The number of ketones is 1. The Morgan fingerprint density at radius 3 is 2.33 bits per heavy atom. The Kier molecular flexibility index (Phi) is 4.71. The Morgan fingerprint density at radius 2 is 1.70 bits per heavy atom. The molecule has 3 aromatic carbocycles. The number of carbonyl (C=O) groups excluding carboxylic acids is 1. The minimum atomic E-state index is -1.20. The van der Waals surface area contributed by atoms with E-state index in [-0.39, 0.29) is 22.7 Å². The first-order valence-electron chi connectivity index (χ1n) is 10.0. The van der Waals surface area contributed by atoms with E-state index in [4.69, 9.17) is 0 Å². The second kappa shape index (κ2) is 7.72. The molecule has 0 bridgehead atoms. The van der Waals surface area contributed by atoms with Gasteiger partial charge in [0.25, 0.3) is 5.69 Å². The molecule has 0 saturated carbocycles. The number of carboxylic acids is 1. The summed E-state index contributed by atoms with van der Waals surface area (Å²) in [4.78, 5) is 36.6. The average molecular weight is 440 g/mol. The van der Waals surface area contributed by atoms with E-state index in [0.29, 0.717) is 22.5 Å². The van der Waals surface area contributed by atoms with E-state index in [1.807, 2.05) is 6.07 Å². The van der Waals surface area contributed by atoms with E-state index < -0.39 is 22.7 Å². The van der Waals surface area contributed by atoms with E-state index in [2.05, 4.69) is 10.4 Å². The maximum Gasteiger partial charge on any atom is 0.354 e. The molecular formula is C24H16N4O5. The molecule has 0 amide bonds. The van der Waals surface area contributed by atoms with Crippen LogP contribution in [0.25, 0.3) is 5.57 Å². The molecule has 0 radical (unpaired) electrons. The van der Waals surface area contributed by atoms with Crippen molar-refractivity contribution in [3.05, 3.63) is 106 Å². The summed E-state index contributed by atoms with van der Waals surface area (Å²) in [5, 5.41) is 30.3. The third kappa shape index (κ3) is 3.32. The van der Waals surface area contributed by atoms with Crippen LogP contribution < -0.4 is 10.3 Å². The minimum Gasteiger partial charge on any atom is -0.476 e. The highest BCUT2D eigenvalue weighted by Gasteiger charge is 2.42. The summed E-state index contributed by atoms with van der Waals surface area (Å²) < 4.78 is 0. The van der Waals surface area contributed by atoms with Crippen LogP contribution in [0.2, 0.25) is 0 Å². The fourth-order valence-corrected chi connectivity index (χ4v) is 4.06. The summed E-state index contributed by atoms with van der Waals surface area (Å²) in [5.41, 5.74) is 1.67. The number of nitro benzene ring substituents is 1. The molecule has 33 heavy (non-hydrogen) atoms. The summed E-state index contributed by atoms with van der Waals surface area (Å²) in [5.74, 6) is -1.71. The summed E-state index contributed by atoms with van der Waals surface area (Å²) in [6, 6.07) is 20.7. The zero-order valence-electron chi connectivity index (χ0n) is 17.0. The third-order valence-electron chi connectivity index (χ3n) is 5.52. The summed E-state index contributed by atoms with van der Waals surface area (Å²) >= 11 is 0. The lowest BCUT2D eigenvalue weighted by molar-refractivity contribution is -0.384. The first kappa shape index (κ1) is 20.1. The lowest BCUT2D eigenvalue weighted by Gasteiger charge is -2.37. The van der Waals surface area contributed by atoms with Crippen LogP contribution in [0.15, 0.2) is 89.7 Å². The molecule has 1 unspecified atom stereocenters. The smallest absolute Gasteiger partial charge is 0.354 e. The van der Waals surface area contributed by atoms with Crippen LogP contribution in [-0.2, 0) is 4.79 Å². The largest absolute Gasteiger partial charge is 0.476 e. The van der Waals surface area contributed by atoms with E-state index in [0.717, 1.165) is 0 Å². The van der Waals surface area contributed by atoms with E-state index in [9.17, 15) is 24.8 Å². The monoisotopic (exact) mass is 440 g/mol. The molecule has 5 rings (SSSR count). The van der Waals surface area contributed by atoms with Gasteiger partial charge in [0.15, 0.2) is 5.70 Å². The van der Waals surface area contributed by atoms with Crippen LogP contribution in [0.1, 0.15) is 15.9 Å². The number of carboxylic acid groups (broad SMARTS) is 1. The van der Waals surface area contributed by atoms with Gasteiger partial charge in [0.1, 0.15) is 11.8 Å². The molecule has 0 saturated heterocycles. The van der Waals surface area contributed by atoms with Crippen LogP contribution in [0.5, 0.6) is 0 Å². The number of hydrogen-bond donors (Lipinski definition) is 2. The maximum atomic E-state index is 13.5. The molecule has 2 N–H and O–H groups in total. The van der Waals surface area contributed by atoms with Crippen molar-refractivity contribution in [3.63, 3.8) is 0 Å². The van der Waals surface area contributed by atoms with Gasteiger partial charge in [-0.25, -0.2) is 9.80 Å². The molecule has 9 nitrogen and oxygen atoms in total. The first-order chi connectivity index (χ1) is 16.0. The molecule has 0 aliphatic carbocycles. The quantitative estimate of drug-likeness (QED) is 0.465. The van der Waals surface area contributed by atoms with Crippen LogP contribution >= 0.6 is 0 Å². The highest BCUT2D eigenvalue weighted by Crippen LogP contribution is 2.39. The van der Waals surface area contributed by atoms with Gasteiger partial charge >= 0.3 is 5.97 Å². The number of hydrogen-bond acceptors (Lipinski definition) is 7. The molecule has 2 heterocycles. The predicted molar refractivity (Wildman–Crippen MR) is 122 cm³/mol. The number of aliphatic carboxylic acids is 1. The number of benzene rings is 3. The number of nitrogens with one attached hydrogen (secondary N) is 1. The van der Waals surface area contributed by atoms with Gasteiger partial charge in [0, 0.05) is 23.4 Å². The first-order valence-corrected chi connectivity index (χ1v) is 10.0. The molecule has 0 fully saturated rings. The van der Waals surface area contributed by atoms with E-state index in [1.54, 1.807) is 54.6 Å². The number of rotatable bonds is 4. The molecule has 0 aromatic heterocycles. The number of Topliss-reactive ketones (excluding diaryl/α,β-unsaturated/α-hetero) is 1. The van der Waals surface area contributed by atoms with Crippen molar-refractivity contribution in [2.45, 2.75) is 6.04 Å². The fourth-order valence-electron chi connectivity index (χ4n) is 4.06. The Labute approximate surface area is 187 Å². The number of nitro groups is 1. The Bertz CT molecular complexity index is 1370. The Balaban J connectivity index is 1.77. The third-order valence-corrected chi connectivity index (χ3v) is 5.52. The van der Waals surface area contributed by atoms with Crippen LogP contribution in [0.4, 0.5) is 17.1 Å². The van der Waals surface area contributed by atoms with Gasteiger partial charge in [-0.3, -0.25) is 14.9 Å². The lowest BCUT2D eigenvalue weighted by atomic mass is 9.84. The molecule has 3 aromatic rings. The number of hydrazone groups is 1.